The number of hydrogen-bond donors (Lipinski definition) is 2. The fourth-order valence-corrected chi connectivity index (χ4v) is 4.68. The Morgan fingerprint density at radius 3 is 2.69 bits per heavy atom. The normalized spacial score (nSPS) is 11.8. The summed E-state index contributed by atoms with van der Waals surface area (Å²) in [4.78, 5) is 12.9. The molecule has 0 saturated carbocycles. The quantitative estimate of drug-likeness (QED) is 0.498. The third-order valence-corrected chi connectivity index (χ3v) is 6.17. The average Bonchev–Trinajstić information content (AvgIpc) is 3.36. The molecule has 1 amide bonds. The van der Waals surface area contributed by atoms with Crippen molar-refractivity contribution in [3.05, 3.63) is 82.1 Å². The summed E-state index contributed by atoms with van der Waals surface area (Å²) in [7, 11) is 0. The van der Waals surface area contributed by atoms with E-state index in [-0.39, 0.29) is 11.7 Å². The van der Waals surface area contributed by atoms with Crippen LogP contribution in [0.3, 0.4) is 0 Å². The fourth-order valence-electron chi connectivity index (χ4n) is 2.63. The first kappa shape index (κ1) is 16.6. The molecule has 0 unspecified atom stereocenters. The van der Waals surface area contributed by atoms with Gasteiger partial charge in [-0.3, -0.25) is 4.79 Å². The van der Waals surface area contributed by atoms with Crippen LogP contribution in [0.1, 0.15) is 26.6 Å². The number of carbonyl (C=O) groups excluding carboxylic acids is 1. The number of carbonyl (C=O) groups is 1. The first-order chi connectivity index (χ1) is 12.6. The molecule has 4 nitrogen and oxygen atoms in total. The topological polar surface area (TPSA) is 62.5 Å². The lowest BCUT2D eigenvalue weighted by atomic mass is 10.0. The van der Waals surface area contributed by atoms with Crippen LogP contribution >= 0.6 is 22.7 Å². The second-order valence-corrected chi connectivity index (χ2v) is 7.74. The summed E-state index contributed by atoms with van der Waals surface area (Å²) in [5.74, 6) is 0.360. The molecule has 2 N–H and O–H groups in total. The van der Waals surface area contributed by atoms with E-state index >= 15 is 0 Å². The molecule has 0 radical (unpaired) electrons. The molecule has 26 heavy (non-hydrogen) atoms. The van der Waals surface area contributed by atoms with Crippen molar-refractivity contribution in [1.82, 2.24) is 5.32 Å². The highest BCUT2D eigenvalue weighted by Gasteiger charge is 2.18. The van der Waals surface area contributed by atoms with E-state index < -0.39 is 0 Å². The number of hydrogen-bond acceptors (Lipinski definition) is 5. The highest BCUT2D eigenvalue weighted by molar-refractivity contribution is 7.28. The van der Waals surface area contributed by atoms with Crippen LogP contribution in [-0.4, -0.2) is 11.0 Å². The predicted octanol–water partition coefficient (Wildman–Crippen LogP) is 5.39. The molecule has 3 heterocycles. The minimum atomic E-state index is -0.341. The van der Waals surface area contributed by atoms with Crippen molar-refractivity contribution in [2.24, 2.45) is 0 Å². The summed E-state index contributed by atoms with van der Waals surface area (Å²) in [5, 5.41) is 15.0. The highest BCUT2D eigenvalue weighted by atomic mass is 32.1. The standard InChI is InChI=1S/C20H15NO3S2/c1-12-4-6-13(7-5-12)14(15-3-2-9-24-15)11-21-20(23)19-17(22)18-16(26-19)8-10-25-18/h2-11,22H,1H3,(H,21,23)/b14-11-. The number of amides is 1. The van der Waals surface area contributed by atoms with Gasteiger partial charge >= 0.3 is 0 Å². The van der Waals surface area contributed by atoms with Crippen LogP contribution in [0.15, 0.2) is 64.7 Å². The summed E-state index contributed by atoms with van der Waals surface area (Å²) in [6.07, 6.45) is 3.22. The van der Waals surface area contributed by atoms with Crippen molar-refractivity contribution < 1.29 is 14.3 Å². The zero-order valence-corrected chi connectivity index (χ0v) is 15.5. The molecular weight excluding hydrogens is 366 g/mol. The van der Waals surface area contributed by atoms with E-state index in [1.165, 1.54) is 22.7 Å². The monoisotopic (exact) mass is 381 g/mol. The van der Waals surface area contributed by atoms with Gasteiger partial charge in [0.25, 0.3) is 5.91 Å². The Bertz CT molecular complexity index is 1090. The molecule has 0 aliphatic carbocycles. The Balaban J connectivity index is 1.66. The number of fused-ring (bicyclic) bond motifs is 1. The zero-order valence-electron chi connectivity index (χ0n) is 13.9. The number of benzene rings is 1. The van der Waals surface area contributed by atoms with Gasteiger partial charge in [-0.25, -0.2) is 0 Å². The molecule has 0 bridgehead atoms. The lowest BCUT2D eigenvalue weighted by Crippen LogP contribution is -2.16. The molecule has 1 aromatic carbocycles. The largest absolute Gasteiger partial charge is 0.505 e. The fraction of sp³-hybridized carbons (Fsp3) is 0.0500. The summed E-state index contributed by atoms with van der Waals surface area (Å²) >= 11 is 2.70. The third-order valence-electron chi connectivity index (χ3n) is 3.97. The van der Waals surface area contributed by atoms with Gasteiger partial charge in [0, 0.05) is 16.5 Å². The van der Waals surface area contributed by atoms with Crippen molar-refractivity contribution in [2.45, 2.75) is 6.92 Å². The summed E-state index contributed by atoms with van der Waals surface area (Å²) in [6, 6.07) is 13.5. The Labute approximate surface area is 158 Å². The Hall–Kier alpha value is -2.83. The highest BCUT2D eigenvalue weighted by Crippen LogP contribution is 2.40. The number of nitrogens with one attached hydrogen (secondary N) is 1. The maximum atomic E-state index is 12.6. The molecule has 0 saturated heterocycles. The second-order valence-electron chi connectivity index (χ2n) is 5.77. The molecule has 0 fully saturated rings. The van der Waals surface area contributed by atoms with Gasteiger partial charge in [-0.2, -0.15) is 0 Å². The summed E-state index contributed by atoms with van der Waals surface area (Å²) in [5.41, 5.74) is 2.85. The van der Waals surface area contributed by atoms with E-state index in [4.69, 9.17) is 4.42 Å². The van der Waals surface area contributed by atoms with Crippen molar-refractivity contribution in [2.75, 3.05) is 0 Å². The zero-order chi connectivity index (χ0) is 18.1. The van der Waals surface area contributed by atoms with E-state index in [0.717, 1.165) is 26.1 Å². The van der Waals surface area contributed by atoms with Gasteiger partial charge in [0.15, 0.2) is 5.75 Å². The number of furan rings is 1. The summed E-state index contributed by atoms with van der Waals surface area (Å²) in [6.45, 7) is 2.02. The van der Waals surface area contributed by atoms with E-state index in [1.54, 1.807) is 18.5 Å². The van der Waals surface area contributed by atoms with Gasteiger partial charge in [-0.15, -0.1) is 22.7 Å². The number of thiophene rings is 2. The van der Waals surface area contributed by atoms with Crippen LogP contribution in [0.25, 0.3) is 15.0 Å². The summed E-state index contributed by atoms with van der Waals surface area (Å²) < 4.78 is 7.17. The van der Waals surface area contributed by atoms with Crippen molar-refractivity contribution in [1.29, 1.82) is 0 Å². The minimum absolute atomic E-state index is 0.0424. The first-order valence-corrected chi connectivity index (χ1v) is 9.64. The first-order valence-electron chi connectivity index (χ1n) is 7.94. The maximum Gasteiger partial charge on any atom is 0.269 e. The maximum absolute atomic E-state index is 12.6. The van der Waals surface area contributed by atoms with Crippen LogP contribution in [0.2, 0.25) is 0 Å². The van der Waals surface area contributed by atoms with E-state index in [9.17, 15) is 9.90 Å². The van der Waals surface area contributed by atoms with Gasteiger partial charge in [0.1, 0.15) is 10.6 Å². The van der Waals surface area contributed by atoms with Crippen LogP contribution in [0, 0.1) is 6.92 Å². The number of aryl methyl sites for hydroxylation is 1. The van der Waals surface area contributed by atoms with E-state index in [1.807, 2.05) is 48.7 Å². The molecule has 4 rings (SSSR count). The molecule has 0 aliphatic rings. The van der Waals surface area contributed by atoms with Gasteiger partial charge < -0.3 is 14.8 Å². The van der Waals surface area contributed by atoms with Crippen LogP contribution < -0.4 is 5.32 Å². The number of rotatable bonds is 4. The smallest absolute Gasteiger partial charge is 0.269 e. The SMILES string of the molecule is Cc1ccc(/C(=C/NC(=O)c2sc3ccsc3c2O)c2ccco2)cc1. The average molecular weight is 381 g/mol. The van der Waals surface area contributed by atoms with Crippen LogP contribution in [0.4, 0.5) is 0 Å². The molecule has 0 spiro atoms. The molecule has 4 aromatic rings. The second kappa shape index (κ2) is 6.82. The molecular formula is C20H15NO3S2. The van der Waals surface area contributed by atoms with Crippen LogP contribution in [-0.2, 0) is 0 Å². The molecule has 6 heteroatoms. The third kappa shape index (κ3) is 3.05. The molecule has 130 valence electrons. The van der Waals surface area contributed by atoms with Gasteiger partial charge in [0.05, 0.1) is 11.0 Å². The Kier molecular flexibility index (Phi) is 4.36. The van der Waals surface area contributed by atoms with Gasteiger partial charge in [-0.1, -0.05) is 29.8 Å². The van der Waals surface area contributed by atoms with Crippen molar-refractivity contribution >= 4 is 43.6 Å². The lowest BCUT2D eigenvalue weighted by Gasteiger charge is -2.07. The Morgan fingerprint density at radius 1 is 1.19 bits per heavy atom. The molecule has 0 atom stereocenters. The Morgan fingerprint density at radius 2 is 2.00 bits per heavy atom. The molecule has 0 aliphatic heterocycles. The van der Waals surface area contributed by atoms with Crippen molar-refractivity contribution in [3.8, 4) is 5.75 Å². The lowest BCUT2D eigenvalue weighted by molar-refractivity contribution is 0.0972. The minimum Gasteiger partial charge on any atom is -0.505 e. The van der Waals surface area contributed by atoms with E-state index in [0.29, 0.717) is 10.6 Å². The van der Waals surface area contributed by atoms with Gasteiger partial charge in [-0.05, 0) is 36.1 Å². The van der Waals surface area contributed by atoms with E-state index in [2.05, 4.69) is 5.32 Å². The van der Waals surface area contributed by atoms with Crippen LogP contribution in [0.5, 0.6) is 5.75 Å². The number of aromatic hydroxyl groups is 1. The van der Waals surface area contributed by atoms with Gasteiger partial charge in [0.2, 0.25) is 0 Å². The molecule has 3 aromatic heterocycles. The van der Waals surface area contributed by atoms with Crippen molar-refractivity contribution in [3.63, 3.8) is 0 Å². The predicted molar refractivity (Wildman–Crippen MR) is 106 cm³/mol.